The van der Waals surface area contributed by atoms with E-state index in [0.29, 0.717) is 16.4 Å². The molecular weight excluding hydrogens is 471 g/mol. The fourth-order valence-corrected chi connectivity index (χ4v) is 4.11. The Morgan fingerprint density at radius 2 is 1.71 bits per heavy atom. The van der Waals surface area contributed by atoms with Crippen LogP contribution in [0.1, 0.15) is 49.6 Å². The number of hydrogen-bond donors (Lipinski definition) is 3. The number of rotatable bonds is 9. The summed E-state index contributed by atoms with van der Waals surface area (Å²) in [5.74, 6) is -0.764. The summed E-state index contributed by atoms with van der Waals surface area (Å²) in [5, 5.41) is 29.8. The first-order valence-electron chi connectivity index (χ1n) is 11.4. The second-order valence-electron chi connectivity index (χ2n) is 9.02. The Hall–Kier alpha value is -3.00. The van der Waals surface area contributed by atoms with Gasteiger partial charge < -0.3 is 19.9 Å². The molecule has 0 radical (unpaired) electrons. The first kappa shape index (κ1) is 26.6. The number of halogens is 2. The number of aromatic nitrogens is 2. The summed E-state index contributed by atoms with van der Waals surface area (Å²) in [6.45, 7) is 7.84. The smallest absolute Gasteiger partial charge is 0.305 e. The van der Waals surface area contributed by atoms with Crippen LogP contribution in [0, 0.1) is 19.7 Å². The minimum absolute atomic E-state index is 0.0110. The zero-order valence-corrected chi connectivity index (χ0v) is 20.9. The standard InChI is InChI=1S/C27H30ClFN2O4/c1-15(2)27-30-25(19-11-16(3)24(28)17(4)12-19)26(18-5-7-20(29)8-6-18)31(27)10-9-21(32)13-22(33)14-23(34)35/h5-12,15,21-22,32-33H,13-14H2,1-4H3,(H,34,35)/b10-9+. The van der Waals surface area contributed by atoms with E-state index in [0.717, 1.165) is 28.1 Å². The van der Waals surface area contributed by atoms with Crippen LogP contribution in [0.25, 0.3) is 28.7 Å². The van der Waals surface area contributed by atoms with Gasteiger partial charge in [0, 0.05) is 34.7 Å². The summed E-state index contributed by atoms with van der Waals surface area (Å²) in [4.78, 5) is 15.8. The van der Waals surface area contributed by atoms with Gasteiger partial charge in [-0.3, -0.25) is 4.79 Å². The van der Waals surface area contributed by atoms with Crippen molar-refractivity contribution >= 4 is 23.8 Å². The van der Waals surface area contributed by atoms with E-state index in [1.807, 2.05) is 44.4 Å². The van der Waals surface area contributed by atoms with Crippen molar-refractivity contribution in [3.05, 3.63) is 70.3 Å². The lowest BCUT2D eigenvalue weighted by molar-refractivity contribution is -0.139. The summed E-state index contributed by atoms with van der Waals surface area (Å²) in [5.41, 5.74) is 4.81. The van der Waals surface area contributed by atoms with Crippen molar-refractivity contribution in [1.82, 2.24) is 9.55 Å². The molecule has 0 aliphatic rings. The van der Waals surface area contributed by atoms with Gasteiger partial charge in [-0.25, -0.2) is 9.37 Å². The van der Waals surface area contributed by atoms with Crippen LogP contribution in [0.4, 0.5) is 4.39 Å². The topological polar surface area (TPSA) is 95.6 Å². The maximum atomic E-state index is 13.7. The maximum Gasteiger partial charge on any atom is 0.305 e. The quantitative estimate of drug-likeness (QED) is 0.344. The number of carbonyl (C=O) groups is 1. The molecule has 35 heavy (non-hydrogen) atoms. The van der Waals surface area contributed by atoms with Crippen LogP contribution < -0.4 is 0 Å². The Labute approximate surface area is 209 Å². The first-order chi connectivity index (χ1) is 16.5. The third-order valence-electron chi connectivity index (χ3n) is 5.66. The molecule has 0 fully saturated rings. The zero-order chi connectivity index (χ0) is 25.9. The number of imidazole rings is 1. The highest BCUT2D eigenvalue weighted by Gasteiger charge is 2.22. The fourth-order valence-electron chi connectivity index (χ4n) is 4.00. The summed E-state index contributed by atoms with van der Waals surface area (Å²) in [6.07, 6.45) is 0.338. The normalized spacial score (nSPS) is 13.5. The van der Waals surface area contributed by atoms with Gasteiger partial charge in [0.25, 0.3) is 0 Å². The highest BCUT2D eigenvalue weighted by molar-refractivity contribution is 6.32. The second kappa shape index (κ2) is 11.2. The Kier molecular flexibility index (Phi) is 8.48. The summed E-state index contributed by atoms with van der Waals surface area (Å²) in [6, 6.07) is 10.0. The van der Waals surface area contributed by atoms with Crippen LogP contribution in [0.2, 0.25) is 5.02 Å². The van der Waals surface area contributed by atoms with Crippen molar-refractivity contribution in [3.63, 3.8) is 0 Å². The van der Waals surface area contributed by atoms with Gasteiger partial charge in [0.15, 0.2) is 0 Å². The van der Waals surface area contributed by atoms with Crippen molar-refractivity contribution in [1.29, 1.82) is 0 Å². The van der Waals surface area contributed by atoms with Gasteiger partial charge >= 0.3 is 5.97 Å². The van der Waals surface area contributed by atoms with Crippen LogP contribution in [-0.4, -0.2) is 43.0 Å². The molecule has 0 amide bonds. The second-order valence-corrected chi connectivity index (χ2v) is 9.40. The molecule has 2 atom stereocenters. The van der Waals surface area contributed by atoms with E-state index >= 15 is 0 Å². The molecule has 0 saturated carbocycles. The Bertz CT molecular complexity index is 1210. The maximum absolute atomic E-state index is 13.7. The third-order valence-corrected chi connectivity index (χ3v) is 6.26. The highest BCUT2D eigenvalue weighted by Crippen LogP contribution is 2.37. The van der Waals surface area contributed by atoms with E-state index in [2.05, 4.69) is 0 Å². The summed E-state index contributed by atoms with van der Waals surface area (Å²) >= 11 is 6.39. The molecule has 6 nitrogen and oxygen atoms in total. The van der Waals surface area contributed by atoms with Crippen LogP contribution in [0.5, 0.6) is 0 Å². The number of carboxylic acids is 1. The van der Waals surface area contributed by atoms with Gasteiger partial charge in [0.05, 0.1) is 30.0 Å². The minimum atomic E-state index is -1.17. The van der Waals surface area contributed by atoms with E-state index in [4.69, 9.17) is 21.7 Å². The van der Waals surface area contributed by atoms with Crippen molar-refractivity contribution in [2.75, 3.05) is 0 Å². The molecule has 0 spiro atoms. The first-order valence-corrected chi connectivity index (χ1v) is 11.8. The van der Waals surface area contributed by atoms with Crippen LogP contribution in [-0.2, 0) is 4.79 Å². The van der Waals surface area contributed by atoms with E-state index in [9.17, 15) is 19.4 Å². The molecule has 1 aromatic heterocycles. The minimum Gasteiger partial charge on any atom is -0.481 e. The number of aliphatic hydroxyl groups excluding tert-OH is 2. The summed E-state index contributed by atoms with van der Waals surface area (Å²) in [7, 11) is 0. The average molecular weight is 501 g/mol. The van der Waals surface area contributed by atoms with Gasteiger partial charge in [0.2, 0.25) is 0 Å². The molecule has 3 N–H and O–H groups in total. The predicted molar refractivity (Wildman–Crippen MR) is 136 cm³/mol. The number of aryl methyl sites for hydroxylation is 2. The Morgan fingerprint density at radius 1 is 1.11 bits per heavy atom. The lowest BCUT2D eigenvalue weighted by atomic mass is 10.0. The third kappa shape index (κ3) is 6.36. The molecule has 2 aromatic carbocycles. The molecule has 8 heteroatoms. The van der Waals surface area contributed by atoms with Crippen molar-refractivity contribution in [2.24, 2.45) is 0 Å². The van der Waals surface area contributed by atoms with Crippen LogP contribution >= 0.6 is 11.6 Å². The Balaban J connectivity index is 2.17. The molecule has 0 bridgehead atoms. The van der Waals surface area contributed by atoms with E-state index in [1.54, 1.807) is 18.3 Å². The number of hydrogen-bond acceptors (Lipinski definition) is 4. The lowest BCUT2D eigenvalue weighted by Gasteiger charge is -2.14. The number of nitrogens with zero attached hydrogens (tertiary/aromatic N) is 2. The predicted octanol–water partition coefficient (Wildman–Crippen LogP) is 5.81. The van der Waals surface area contributed by atoms with E-state index < -0.39 is 24.6 Å². The van der Waals surface area contributed by atoms with Crippen molar-refractivity contribution in [2.45, 2.75) is 58.7 Å². The zero-order valence-electron chi connectivity index (χ0n) is 20.2. The van der Waals surface area contributed by atoms with Crippen LogP contribution in [0.15, 0.2) is 42.5 Å². The van der Waals surface area contributed by atoms with Gasteiger partial charge in [-0.1, -0.05) is 25.4 Å². The van der Waals surface area contributed by atoms with E-state index in [-0.39, 0.29) is 18.2 Å². The molecule has 0 aliphatic carbocycles. The SMILES string of the molecule is Cc1cc(-c2nc(C(C)C)n(/C=C/C(O)CC(O)CC(=O)O)c2-c2ccc(F)cc2)cc(C)c1Cl. The van der Waals surface area contributed by atoms with Gasteiger partial charge in [-0.05, 0) is 67.4 Å². The molecule has 0 saturated heterocycles. The van der Waals surface area contributed by atoms with Gasteiger partial charge in [-0.2, -0.15) is 0 Å². The average Bonchev–Trinajstić information content (AvgIpc) is 3.15. The lowest BCUT2D eigenvalue weighted by Crippen LogP contribution is -2.19. The molecular formula is C27H30ClFN2O4. The monoisotopic (exact) mass is 500 g/mol. The number of aliphatic carboxylic acids is 1. The summed E-state index contributed by atoms with van der Waals surface area (Å²) < 4.78 is 15.6. The fraction of sp³-hybridized carbons (Fsp3) is 0.333. The number of carboxylic acid groups (broad SMARTS) is 1. The number of aliphatic hydroxyl groups is 2. The molecule has 1 heterocycles. The van der Waals surface area contributed by atoms with Gasteiger partial charge in [0.1, 0.15) is 11.6 Å². The largest absolute Gasteiger partial charge is 0.481 e. The van der Waals surface area contributed by atoms with Crippen molar-refractivity contribution < 1.29 is 24.5 Å². The molecule has 186 valence electrons. The Morgan fingerprint density at radius 3 is 2.26 bits per heavy atom. The molecule has 3 rings (SSSR count). The van der Waals surface area contributed by atoms with Gasteiger partial charge in [-0.15, -0.1) is 0 Å². The molecule has 2 unspecified atom stereocenters. The highest BCUT2D eigenvalue weighted by atomic mass is 35.5. The van der Waals surface area contributed by atoms with Crippen LogP contribution in [0.3, 0.4) is 0 Å². The van der Waals surface area contributed by atoms with E-state index in [1.165, 1.54) is 18.2 Å². The molecule has 3 aromatic rings. The van der Waals surface area contributed by atoms with Crippen molar-refractivity contribution in [3.8, 4) is 22.5 Å². The molecule has 0 aliphatic heterocycles. The number of benzene rings is 2.